The highest BCUT2D eigenvalue weighted by Gasteiger charge is 2.57. The van der Waals surface area contributed by atoms with Crippen molar-refractivity contribution in [3.63, 3.8) is 0 Å². The molecule has 2 unspecified atom stereocenters. The molecule has 2 atom stereocenters. The number of benzene rings is 6. The van der Waals surface area contributed by atoms with E-state index >= 15 is 0 Å². The van der Waals surface area contributed by atoms with Crippen molar-refractivity contribution in [1.29, 1.82) is 0 Å². The van der Waals surface area contributed by atoms with Crippen LogP contribution in [0.2, 0.25) is 0 Å². The predicted octanol–water partition coefficient (Wildman–Crippen LogP) is 11.8. The molecule has 1 aliphatic heterocycles. The molecule has 214 valence electrons. The van der Waals surface area contributed by atoms with Crippen molar-refractivity contribution in [3.05, 3.63) is 133 Å². The van der Waals surface area contributed by atoms with E-state index in [0.29, 0.717) is 6.42 Å². The molecule has 2 nitrogen and oxygen atoms in total. The molecule has 1 fully saturated rings. The third-order valence-corrected chi connectivity index (χ3v) is 10.6. The summed E-state index contributed by atoms with van der Waals surface area (Å²) in [6.07, 6.45) is 5.27. The number of hydrogen-bond acceptors (Lipinski definition) is 2. The first kappa shape index (κ1) is 22.7. The maximum atomic E-state index is 9.08. The normalized spacial score (nSPS) is 22.5. The zero-order valence-corrected chi connectivity index (χ0v) is 24.8. The van der Waals surface area contributed by atoms with Crippen LogP contribution in [0, 0.1) is 0 Å². The molecule has 0 saturated heterocycles. The standard InChI is InChI=1S/C42H35NO/c1-41-24-12-13-25-42(41,2)43(37-21-11-10-20-36(37)41)29-22-23-38-34(26-29)35(27-44-38)40-32-18-8-6-16-30(32)39(28-14-4-3-5-15-28)31-17-7-9-19-33(31)40/h3-11,14-23,26-27H,12-13,24-25H2,1-2H3/i2D3. The number of hydrogen-bond donors (Lipinski definition) is 0. The maximum Gasteiger partial charge on any atom is 0.134 e. The van der Waals surface area contributed by atoms with E-state index in [1.807, 2.05) is 18.4 Å². The third kappa shape index (κ3) is 3.37. The lowest BCUT2D eigenvalue weighted by molar-refractivity contribution is 0.195. The lowest BCUT2D eigenvalue weighted by Crippen LogP contribution is -2.54. The SMILES string of the molecule is [2H]C([2H])([2H])C12CCCCC1(C)c1ccccc1N2c1ccc2occ(-c3c4ccccc4c(-c4ccccc4)c4ccccc34)c2c1. The van der Waals surface area contributed by atoms with E-state index in [9.17, 15) is 0 Å². The van der Waals surface area contributed by atoms with Crippen LogP contribution in [0.5, 0.6) is 0 Å². The van der Waals surface area contributed by atoms with Crippen molar-refractivity contribution < 1.29 is 8.53 Å². The highest BCUT2D eigenvalue weighted by atomic mass is 16.3. The summed E-state index contributed by atoms with van der Waals surface area (Å²) in [5.41, 5.74) is 6.81. The van der Waals surface area contributed by atoms with E-state index in [1.54, 1.807) is 0 Å². The van der Waals surface area contributed by atoms with Crippen LogP contribution in [-0.2, 0) is 5.41 Å². The van der Waals surface area contributed by atoms with Gasteiger partial charge in [-0.3, -0.25) is 0 Å². The van der Waals surface area contributed by atoms with E-state index in [1.165, 1.54) is 21.9 Å². The Morgan fingerprint density at radius 2 is 1.30 bits per heavy atom. The average molecular weight is 573 g/mol. The molecule has 2 heteroatoms. The monoisotopic (exact) mass is 572 g/mol. The molecule has 1 aliphatic carbocycles. The summed E-state index contributed by atoms with van der Waals surface area (Å²) < 4.78 is 33.5. The molecule has 2 aliphatic rings. The molecule has 0 amide bonds. The smallest absolute Gasteiger partial charge is 0.134 e. The molecular formula is C42H35NO. The molecule has 2 heterocycles. The van der Waals surface area contributed by atoms with Gasteiger partial charge in [-0.05, 0) is 82.2 Å². The van der Waals surface area contributed by atoms with Gasteiger partial charge in [-0.2, -0.15) is 0 Å². The van der Waals surface area contributed by atoms with Gasteiger partial charge in [0.15, 0.2) is 0 Å². The number of nitrogens with zero attached hydrogens (tertiary/aromatic N) is 1. The summed E-state index contributed by atoms with van der Waals surface area (Å²) in [5.74, 6) is 0. The van der Waals surface area contributed by atoms with E-state index in [2.05, 4.69) is 121 Å². The lowest BCUT2D eigenvalue weighted by atomic mass is 9.61. The van der Waals surface area contributed by atoms with Crippen LogP contribution in [0.3, 0.4) is 0 Å². The number of rotatable bonds is 3. The summed E-state index contributed by atoms with van der Waals surface area (Å²) in [5, 5.41) is 5.66. The van der Waals surface area contributed by atoms with E-state index in [4.69, 9.17) is 8.53 Å². The number of furan rings is 1. The van der Waals surface area contributed by atoms with Crippen LogP contribution in [0.1, 0.15) is 49.1 Å². The van der Waals surface area contributed by atoms with Crippen LogP contribution in [0.4, 0.5) is 11.4 Å². The third-order valence-electron chi connectivity index (χ3n) is 10.6. The molecule has 6 aromatic carbocycles. The van der Waals surface area contributed by atoms with Gasteiger partial charge < -0.3 is 9.32 Å². The van der Waals surface area contributed by atoms with Crippen LogP contribution in [0.15, 0.2) is 132 Å². The summed E-state index contributed by atoms with van der Waals surface area (Å²) in [7, 11) is 0. The van der Waals surface area contributed by atoms with Crippen LogP contribution in [0.25, 0.3) is 54.8 Å². The lowest BCUT2D eigenvalue weighted by Gasteiger charge is -2.50. The second-order valence-corrected chi connectivity index (χ2v) is 12.8. The van der Waals surface area contributed by atoms with Gasteiger partial charge in [-0.1, -0.05) is 117 Å². The van der Waals surface area contributed by atoms with Gasteiger partial charge in [0.25, 0.3) is 0 Å². The van der Waals surface area contributed by atoms with Crippen LogP contribution < -0.4 is 4.90 Å². The second-order valence-electron chi connectivity index (χ2n) is 12.8. The molecule has 0 radical (unpaired) electrons. The van der Waals surface area contributed by atoms with E-state index < -0.39 is 17.8 Å². The second kappa shape index (κ2) is 9.34. The van der Waals surface area contributed by atoms with Crippen molar-refractivity contribution in [1.82, 2.24) is 0 Å². The summed E-state index contributed by atoms with van der Waals surface area (Å²) in [6.45, 7) is -0.0131. The Hall–Kier alpha value is -4.82. The van der Waals surface area contributed by atoms with Crippen molar-refractivity contribution in [3.8, 4) is 22.3 Å². The zero-order valence-electron chi connectivity index (χ0n) is 27.8. The summed E-state index contributed by atoms with van der Waals surface area (Å²) in [6, 6.07) is 42.5. The Morgan fingerprint density at radius 1 is 0.659 bits per heavy atom. The molecule has 44 heavy (non-hydrogen) atoms. The van der Waals surface area contributed by atoms with Crippen LogP contribution in [-0.4, -0.2) is 5.54 Å². The van der Waals surface area contributed by atoms with Gasteiger partial charge in [0.05, 0.1) is 11.8 Å². The Kier molecular flexibility index (Phi) is 4.81. The average Bonchev–Trinajstić information content (AvgIpc) is 3.61. The predicted molar refractivity (Wildman–Crippen MR) is 185 cm³/mol. The fraction of sp³-hybridized carbons (Fsp3) is 0.190. The molecule has 9 rings (SSSR count). The minimum absolute atomic E-state index is 0.499. The van der Waals surface area contributed by atoms with Crippen molar-refractivity contribution in [2.45, 2.75) is 50.4 Å². The molecule has 7 aromatic rings. The van der Waals surface area contributed by atoms with Gasteiger partial charge in [0, 0.05) is 37.4 Å². The van der Waals surface area contributed by atoms with Crippen molar-refractivity contribution in [2.75, 3.05) is 4.90 Å². The van der Waals surface area contributed by atoms with Gasteiger partial charge in [0.1, 0.15) is 5.58 Å². The fourth-order valence-corrected chi connectivity index (χ4v) is 8.44. The minimum atomic E-state index is -2.20. The molecule has 0 spiro atoms. The Balaban J connectivity index is 1.33. The highest BCUT2D eigenvalue weighted by Crippen LogP contribution is 2.61. The molecule has 0 bridgehead atoms. The first-order valence-corrected chi connectivity index (χ1v) is 15.7. The van der Waals surface area contributed by atoms with Gasteiger partial charge in [0.2, 0.25) is 0 Å². The summed E-state index contributed by atoms with van der Waals surface area (Å²) in [4.78, 5) is 2.18. The molecule has 0 N–H and O–H groups in total. The van der Waals surface area contributed by atoms with Gasteiger partial charge in [-0.25, -0.2) is 0 Å². The number of fused-ring (bicyclic) bond motifs is 6. The summed E-state index contributed by atoms with van der Waals surface area (Å²) >= 11 is 0. The first-order chi connectivity index (χ1) is 22.8. The molecule has 1 aromatic heterocycles. The van der Waals surface area contributed by atoms with Crippen molar-refractivity contribution >= 4 is 43.9 Å². The molecule has 1 saturated carbocycles. The minimum Gasteiger partial charge on any atom is -0.464 e. The van der Waals surface area contributed by atoms with Crippen molar-refractivity contribution in [2.24, 2.45) is 0 Å². The fourth-order valence-electron chi connectivity index (χ4n) is 8.44. The van der Waals surface area contributed by atoms with E-state index in [-0.39, 0.29) is 0 Å². The number of anilines is 2. The largest absolute Gasteiger partial charge is 0.464 e. The Labute approximate surface area is 262 Å². The highest BCUT2D eigenvalue weighted by molar-refractivity contribution is 6.23. The zero-order chi connectivity index (χ0) is 32.0. The first-order valence-electron chi connectivity index (χ1n) is 17.2. The van der Waals surface area contributed by atoms with Gasteiger partial charge in [-0.15, -0.1) is 0 Å². The number of para-hydroxylation sites is 1. The Bertz CT molecular complexity index is 2280. The van der Waals surface area contributed by atoms with Gasteiger partial charge >= 0.3 is 0 Å². The maximum absolute atomic E-state index is 9.08. The Morgan fingerprint density at radius 3 is 2.02 bits per heavy atom. The molecular weight excluding hydrogens is 534 g/mol. The van der Waals surface area contributed by atoms with E-state index in [0.717, 1.165) is 69.1 Å². The van der Waals surface area contributed by atoms with Crippen LogP contribution >= 0.6 is 0 Å². The topological polar surface area (TPSA) is 16.4 Å². The quantitative estimate of drug-likeness (QED) is 0.196.